The van der Waals surface area contributed by atoms with Crippen LogP contribution in [0.5, 0.6) is 5.75 Å². The van der Waals surface area contributed by atoms with Crippen LogP contribution in [0.25, 0.3) is 10.9 Å². The number of likely N-dealkylation sites (tertiary alicyclic amines) is 1. The summed E-state index contributed by atoms with van der Waals surface area (Å²) in [6.07, 6.45) is 1.89. The van der Waals surface area contributed by atoms with Crippen molar-refractivity contribution in [1.82, 2.24) is 14.7 Å². The van der Waals surface area contributed by atoms with Gasteiger partial charge in [-0.25, -0.2) is 4.39 Å². The second-order valence-corrected chi connectivity index (χ2v) is 7.46. The van der Waals surface area contributed by atoms with E-state index < -0.39 is 6.17 Å². The summed E-state index contributed by atoms with van der Waals surface area (Å²) in [5.74, 6) is 0.903. The number of nitrogens with zero attached hydrogens (tertiary/aromatic N) is 3. The Morgan fingerprint density at radius 3 is 2.93 bits per heavy atom. The Labute approximate surface area is 157 Å². The number of fused-ring (bicyclic) bond motifs is 2. The number of anilines is 1. The molecule has 0 aliphatic carbocycles. The third-order valence-corrected chi connectivity index (χ3v) is 5.66. The highest BCUT2D eigenvalue weighted by Gasteiger charge is 2.38. The average molecular weight is 366 g/mol. The third-order valence-electron chi connectivity index (χ3n) is 5.66. The van der Waals surface area contributed by atoms with Crippen molar-refractivity contribution in [3.05, 3.63) is 54.2 Å². The number of para-hydroxylation sites is 1. The summed E-state index contributed by atoms with van der Waals surface area (Å²) < 4.78 is 21.7. The maximum Gasteiger partial charge on any atom is 0.124 e. The first-order valence-electron chi connectivity index (χ1n) is 9.48. The largest absolute Gasteiger partial charge is 0.491 e. The highest BCUT2D eigenvalue weighted by atomic mass is 19.1. The summed E-state index contributed by atoms with van der Waals surface area (Å²) in [6.45, 7) is 1.81. The maximum atomic E-state index is 13.9. The lowest BCUT2D eigenvalue weighted by Crippen LogP contribution is -2.47. The molecule has 5 nitrogen and oxygen atoms in total. The zero-order valence-corrected chi connectivity index (χ0v) is 15.3. The summed E-state index contributed by atoms with van der Waals surface area (Å²) >= 11 is 0. The Hall–Kier alpha value is -2.60. The Kier molecular flexibility index (Phi) is 4.01. The number of halogens is 1. The van der Waals surface area contributed by atoms with E-state index in [1.165, 1.54) is 0 Å². The van der Waals surface area contributed by atoms with E-state index in [1.807, 2.05) is 48.3 Å². The Balaban J connectivity index is 1.55. The van der Waals surface area contributed by atoms with Crippen molar-refractivity contribution in [3.63, 3.8) is 0 Å². The van der Waals surface area contributed by atoms with Crippen molar-refractivity contribution < 1.29 is 9.13 Å². The number of nitrogens with one attached hydrogen (secondary N) is 1. The summed E-state index contributed by atoms with van der Waals surface area (Å²) in [5.41, 5.74) is 3.13. The van der Waals surface area contributed by atoms with Gasteiger partial charge in [0, 0.05) is 43.0 Å². The molecular weight excluding hydrogens is 343 g/mol. The van der Waals surface area contributed by atoms with Crippen LogP contribution in [0, 0.1) is 0 Å². The number of aryl methyl sites for hydroxylation is 1. The average Bonchev–Trinajstić information content (AvgIpc) is 3.27. The van der Waals surface area contributed by atoms with Gasteiger partial charge in [-0.05, 0) is 24.6 Å². The fraction of sp³-hybridized carbons (Fsp3) is 0.381. The SMILES string of the molecule is Cn1cc2c(N[C@H]3c4ccccc4OC[C@@H]3N3CC[C@H](F)C3)cccc2n1. The summed E-state index contributed by atoms with van der Waals surface area (Å²) in [5, 5.41) is 9.34. The molecule has 1 aromatic heterocycles. The molecule has 0 unspecified atom stereocenters. The van der Waals surface area contributed by atoms with Crippen molar-refractivity contribution in [2.45, 2.75) is 24.7 Å². The molecule has 2 aliphatic heterocycles. The van der Waals surface area contributed by atoms with Crippen molar-refractivity contribution in [2.75, 3.05) is 25.0 Å². The fourth-order valence-electron chi connectivity index (χ4n) is 4.34. The van der Waals surface area contributed by atoms with E-state index in [4.69, 9.17) is 4.74 Å². The molecule has 2 aliphatic rings. The van der Waals surface area contributed by atoms with Gasteiger partial charge in [-0.2, -0.15) is 5.10 Å². The van der Waals surface area contributed by atoms with Gasteiger partial charge in [-0.3, -0.25) is 9.58 Å². The second kappa shape index (κ2) is 6.53. The van der Waals surface area contributed by atoms with E-state index in [9.17, 15) is 4.39 Å². The smallest absolute Gasteiger partial charge is 0.124 e. The van der Waals surface area contributed by atoms with Crippen LogP contribution in [0.3, 0.4) is 0 Å². The Morgan fingerprint density at radius 1 is 1.19 bits per heavy atom. The number of benzene rings is 2. The van der Waals surface area contributed by atoms with Crippen LogP contribution in [0.4, 0.5) is 10.1 Å². The van der Waals surface area contributed by atoms with Gasteiger partial charge in [-0.15, -0.1) is 0 Å². The zero-order valence-electron chi connectivity index (χ0n) is 15.3. The molecule has 0 saturated carbocycles. The number of ether oxygens (including phenoxy) is 1. The molecule has 0 bridgehead atoms. The first kappa shape index (κ1) is 16.6. The lowest BCUT2D eigenvalue weighted by molar-refractivity contribution is 0.118. The molecule has 5 rings (SSSR count). The van der Waals surface area contributed by atoms with E-state index in [-0.39, 0.29) is 12.1 Å². The standard InChI is InChI=1S/C21H23FN4O/c1-25-12-16-17(6-4-7-18(16)24-25)23-21-15-5-2-3-8-20(15)27-13-19(21)26-10-9-14(22)11-26/h2-8,12,14,19,21,23H,9-11,13H2,1H3/t14-,19-,21-/m0/s1. The van der Waals surface area contributed by atoms with Crippen LogP contribution < -0.4 is 10.1 Å². The first-order valence-corrected chi connectivity index (χ1v) is 9.48. The predicted octanol–water partition coefficient (Wildman–Crippen LogP) is 3.53. The number of aromatic nitrogens is 2. The summed E-state index contributed by atoms with van der Waals surface area (Å²) in [4.78, 5) is 2.22. The minimum Gasteiger partial charge on any atom is -0.491 e. The van der Waals surface area contributed by atoms with Crippen LogP contribution in [0.15, 0.2) is 48.7 Å². The Morgan fingerprint density at radius 2 is 2.07 bits per heavy atom. The van der Waals surface area contributed by atoms with Crippen molar-refractivity contribution in [3.8, 4) is 5.75 Å². The molecule has 0 radical (unpaired) electrons. The van der Waals surface area contributed by atoms with E-state index in [0.717, 1.165) is 34.4 Å². The second-order valence-electron chi connectivity index (χ2n) is 7.46. The lowest BCUT2D eigenvalue weighted by Gasteiger charge is -2.39. The van der Waals surface area contributed by atoms with Gasteiger partial charge in [0.25, 0.3) is 0 Å². The van der Waals surface area contributed by atoms with E-state index in [2.05, 4.69) is 27.4 Å². The number of hydrogen-bond acceptors (Lipinski definition) is 4. The minimum absolute atomic E-state index is 0.0334. The van der Waals surface area contributed by atoms with Crippen LogP contribution in [0.2, 0.25) is 0 Å². The Bertz CT molecular complexity index is 972. The topological polar surface area (TPSA) is 42.3 Å². The monoisotopic (exact) mass is 366 g/mol. The molecule has 1 N–H and O–H groups in total. The molecular formula is C21H23FN4O. The fourth-order valence-corrected chi connectivity index (χ4v) is 4.34. The first-order chi connectivity index (χ1) is 13.2. The minimum atomic E-state index is -0.746. The van der Waals surface area contributed by atoms with Crippen LogP contribution in [-0.2, 0) is 7.05 Å². The molecule has 0 spiro atoms. The summed E-state index contributed by atoms with van der Waals surface area (Å²) in [7, 11) is 1.93. The predicted molar refractivity (Wildman–Crippen MR) is 104 cm³/mol. The van der Waals surface area contributed by atoms with E-state index in [0.29, 0.717) is 19.6 Å². The molecule has 2 aromatic carbocycles. The molecule has 140 valence electrons. The number of alkyl halides is 1. The van der Waals surface area contributed by atoms with Gasteiger partial charge in [-0.1, -0.05) is 24.3 Å². The van der Waals surface area contributed by atoms with Gasteiger partial charge in [0.1, 0.15) is 18.5 Å². The number of rotatable bonds is 3. The van der Waals surface area contributed by atoms with Crippen LogP contribution >= 0.6 is 0 Å². The van der Waals surface area contributed by atoms with Gasteiger partial charge < -0.3 is 10.1 Å². The molecule has 1 saturated heterocycles. The van der Waals surface area contributed by atoms with Gasteiger partial charge in [0.05, 0.1) is 17.6 Å². The normalized spacial score (nSPS) is 25.3. The van der Waals surface area contributed by atoms with Crippen molar-refractivity contribution in [2.24, 2.45) is 7.05 Å². The molecule has 0 amide bonds. The van der Waals surface area contributed by atoms with Crippen LogP contribution in [0.1, 0.15) is 18.0 Å². The lowest BCUT2D eigenvalue weighted by atomic mass is 9.94. The van der Waals surface area contributed by atoms with E-state index in [1.54, 1.807) is 0 Å². The quantitative estimate of drug-likeness (QED) is 0.770. The van der Waals surface area contributed by atoms with Gasteiger partial charge in [0.15, 0.2) is 0 Å². The highest BCUT2D eigenvalue weighted by Crippen LogP contribution is 2.38. The molecule has 1 fully saturated rings. The van der Waals surface area contributed by atoms with E-state index >= 15 is 0 Å². The maximum absolute atomic E-state index is 13.9. The van der Waals surface area contributed by atoms with Crippen LogP contribution in [-0.4, -0.2) is 46.6 Å². The molecule has 3 heterocycles. The molecule has 3 aromatic rings. The third kappa shape index (κ3) is 2.94. The molecule has 3 atom stereocenters. The zero-order chi connectivity index (χ0) is 18.4. The molecule has 27 heavy (non-hydrogen) atoms. The highest BCUT2D eigenvalue weighted by molar-refractivity contribution is 5.91. The van der Waals surface area contributed by atoms with Gasteiger partial charge in [0.2, 0.25) is 0 Å². The van der Waals surface area contributed by atoms with Crippen molar-refractivity contribution in [1.29, 1.82) is 0 Å². The number of hydrogen-bond donors (Lipinski definition) is 1. The van der Waals surface area contributed by atoms with Gasteiger partial charge >= 0.3 is 0 Å². The van der Waals surface area contributed by atoms with Crippen molar-refractivity contribution >= 4 is 16.6 Å². The summed E-state index contributed by atoms with van der Waals surface area (Å²) in [6, 6.07) is 14.4. The molecule has 6 heteroatoms.